The highest BCUT2D eigenvalue weighted by Crippen LogP contribution is 2.57. The van der Waals surface area contributed by atoms with E-state index >= 15 is 0 Å². The summed E-state index contributed by atoms with van der Waals surface area (Å²) in [5.41, 5.74) is 10.8. The number of nitrogens with zero attached hydrogens (tertiary/aromatic N) is 4. The molecule has 4 aliphatic rings. The number of fused-ring (bicyclic) bond motifs is 12. The SMILES string of the molecule is CCn1c2ccccc2c2cc(/C=C/C34OCCN3c3ccc(C(=O)NCCSSCCNC(=O)c5ccc6c(c5)C(C)(C)C5(/C=C/c7ccc8c(c7)c7ccccc7n8CC)OCCN65)cc3C4(C)C)ccc21. The Hall–Kier alpha value is -6.44. The summed E-state index contributed by atoms with van der Waals surface area (Å²) in [6.07, 6.45) is 8.87. The largest absolute Gasteiger partial charge is 0.351 e. The Morgan fingerprint density at radius 3 is 1.39 bits per heavy atom. The maximum absolute atomic E-state index is 13.6. The van der Waals surface area contributed by atoms with E-state index in [1.54, 1.807) is 21.6 Å². The lowest BCUT2D eigenvalue weighted by molar-refractivity contribution is 0.000267. The second-order valence-corrected chi connectivity index (χ2v) is 23.7. The van der Waals surface area contributed by atoms with Crippen LogP contribution < -0.4 is 20.4 Å². The first-order valence-electron chi connectivity index (χ1n) is 26.2. The minimum atomic E-state index is -0.674. The fraction of sp³-hybridized carbons (Fsp3) is 0.323. The van der Waals surface area contributed by atoms with E-state index in [4.69, 9.17) is 9.47 Å². The Morgan fingerprint density at radius 1 is 0.541 bits per heavy atom. The van der Waals surface area contributed by atoms with Gasteiger partial charge in [-0.2, -0.15) is 0 Å². The Labute approximate surface area is 441 Å². The summed E-state index contributed by atoms with van der Waals surface area (Å²) in [5.74, 6) is 1.32. The highest BCUT2D eigenvalue weighted by atomic mass is 33.1. The van der Waals surface area contributed by atoms with Gasteiger partial charge in [-0.3, -0.25) is 9.59 Å². The van der Waals surface area contributed by atoms with Gasteiger partial charge in [0.1, 0.15) is 0 Å². The number of hydrogen-bond donors (Lipinski definition) is 2. The first-order chi connectivity index (χ1) is 35.9. The molecule has 2 unspecified atom stereocenters. The number of rotatable bonds is 15. The van der Waals surface area contributed by atoms with Crippen molar-refractivity contribution in [3.05, 3.63) is 167 Å². The molecule has 2 atom stereocenters. The molecule has 2 saturated heterocycles. The summed E-state index contributed by atoms with van der Waals surface area (Å²) in [6.45, 7) is 19.0. The maximum atomic E-state index is 13.6. The number of para-hydroxylation sites is 2. The zero-order chi connectivity index (χ0) is 51.0. The van der Waals surface area contributed by atoms with Crippen LogP contribution in [0, 0.1) is 0 Å². The van der Waals surface area contributed by atoms with Crippen molar-refractivity contribution in [1.29, 1.82) is 0 Å². The molecular formula is C62H64N6O4S2. The highest BCUT2D eigenvalue weighted by molar-refractivity contribution is 8.76. The van der Waals surface area contributed by atoms with Crippen molar-refractivity contribution >= 4 is 101 Å². The number of nitrogens with one attached hydrogen (secondary N) is 2. The number of hydrogen-bond acceptors (Lipinski definition) is 8. The second-order valence-electron chi connectivity index (χ2n) is 21.0. The summed E-state index contributed by atoms with van der Waals surface area (Å²) >= 11 is 0. The van der Waals surface area contributed by atoms with Crippen molar-refractivity contribution in [2.45, 2.75) is 76.9 Å². The molecule has 12 rings (SSSR count). The first kappa shape index (κ1) is 48.5. The summed E-state index contributed by atoms with van der Waals surface area (Å²) in [5, 5.41) is 11.3. The third-order valence-electron chi connectivity index (χ3n) is 16.6. The number of anilines is 2. The minimum Gasteiger partial charge on any atom is -0.351 e. The van der Waals surface area contributed by atoms with Crippen LogP contribution in [-0.2, 0) is 33.4 Å². The quantitative estimate of drug-likeness (QED) is 0.0775. The third kappa shape index (κ3) is 7.52. The van der Waals surface area contributed by atoms with E-state index < -0.39 is 22.3 Å². The van der Waals surface area contributed by atoms with Gasteiger partial charge in [-0.05, 0) is 121 Å². The normalized spacial score (nSPS) is 20.4. The molecule has 0 radical (unpaired) electrons. The van der Waals surface area contributed by atoms with Gasteiger partial charge in [-0.25, -0.2) is 0 Å². The molecule has 0 aliphatic carbocycles. The lowest BCUT2D eigenvalue weighted by Gasteiger charge is -2.39. The lowest BCUT2D eigenvalue weighted by atomic mass is 9.77. The number of amides is 2. The molecule has 2 amide bonds. The second kappa shape index (κ2) is 18.7. The Balaban J connectivity index is 0.634. The average Bonchev–Trinajstić information content (AvgIpc) is 4.27. The van der Waals surface area contributed by atoms with Crippen LogP contribution in [0.1, 0.15) is 84.5 Å². The number of ether oxygens (including phenoxy) is 2. The standard InChI is InChI=1S/C62H64N6O4S2/c1-7-65-51-15-11-9-13-45(51)47-37-41(17-21-53(47)65)25-27-61-59(3,4)49-39-43(19-23-55(49)67(61)31-33-71-61)57(69)63-29-35-73-74-36-30-64-58(70)44-20-24-56-50(40-44)60(5,6)62(68(56)32-34-72-62)28-26-42-18-22-54-48(38-42)46-14-10-12-16-52(46)66(54)8-2/h9-28,37-40H,7-8,29-36H2,1-6H3,(H,63,69)(H,64,70)/b27-25+,28-26+. The van der Waals surface area contributed by atoms with E-state index in [9.17, 15) is 9.59 Å². The molecule has 0 saturated carbocycles. The van der Waals surface area contributed by atoms with Crippen LogP contribution in [0.3, 0.4) is 0 Å². The van der Waals surface area contributed by atoms with E-state index in [-0.39, 0.29) is 11.8 Å². The van der Waals surface area contributed by atoms with Crippen LogP contribution in [-0.4, -0.2) is 83.3 Å². The fourth-order valence-electron chi connectivity index (χ4n) is 12.8. The number of carbonyl (C=O) groups is 2. The average molecular weight is 1020 g/mol. The van der Waals surface area contributed by atoms with Gasteiger partial charge < -0.3 is 39.0 Å². The third-order valence-corrected chi connectivity index (χ3v) is 19.0. The van der Waals surface area contributed by atoms with Gasteiger partial charge in [0, 0.05) is 128 Å². The van der Waals surface area contributed by atoms with Gasteiger partial charge in [-0.15, -0.1) is 0 Å². The molecule has 2 N–H and O–H groups in total. The summed E-state index contributed by atoms with van der Waals surface area (Å²) < 4.78 is 18.1. The molecule has 6 aromatic carbocycles. The Bertz CT molecular complexity index is 3370. The van der Waals surface area contributed by atoms with Crippen molar-refractivity contribution in [2.75, 3.05) is 60.7 Å². The van der Waals surface area contributed by atoms with Crippen molar-refractivity contribution in [2.24, 2.45) is 0 Å². The minimum absolute atomic E-state index is 0.0841. The lowest BCUT2D eigenvalue weighted by Crippen LogP contribution is -2.51. The molecule has 12 heteroatoms. The molecule has 4 aliphatic heterocycles. The van der Waals surface area contributed by atoms with Crippen molar-refractivity contribution in [1.82, 2.24) is 19.8 Å². The molecule has 10 nitrogen and oxygen atoms in total. The van der Waals surface area contributed by atoms with Gasteiger partial charge >= 0.3 is 0 Å². The van der Waals surface area contributed by atoms with Crippen LogP contribution >= 0.6 is 21.6 Å². The van der Waals surface area contributed by atoms with Crippen LogP contribution in [0.4, 0.5) is 11.4 Å². The van der Waals surface area contributed by atoms with E-state index in [1.165, 1.54) is 43.6 Å². The number of benzene rings is 6. The summed E-state index contributed by atoms with van der Waals surface area (Å²) in [7, 11) is 3.39. The van der Waals surface area contributed by atoms with Crippen molar-refractivity contribution < 1.29 is 19.1 Å². The van der Waals surface area contributed by atoms with E-state index in [0.717, 1.165) is 71.3 Å². The highest BCUT2D eigenvalue weighted by Gasteiger charge is 2.60. The van der Waals surface area contributed by atoms with Gasteiger partial charge in [0.15, 0.2) is 11.4 Å². The van der Waals surface area contributed by atoms with Gasteiger partial charge in [-0.1, -0.05) is 110 Å². The smallest absolute Gasteiger partial charge is 0.251 e. The van der Waals surface area contributed by atoms with Gasteiger partial charge in [0.05, 0.1) is 13.2 Å². The monoisotopic (exact) mass is 1020 g/mol. The molecule has 2 fully saturated rings. The zero-order valence-electron chi connectivity index (χ0n) is 43.2. The molecule has 378 valence electrons. The summed E-state index contributed by atoms with van der Waals surface area (Å²) in [4.78, 5) is 31.9. The molecule has 2 aromatic heterocycles. The topological polar surface area (TPSA) is 93.0 Å². The molecule has 0 spiro atoms. The summed E-state index contributed by atoms with van der Waals surface area (Å²) in [6, 6.07) is 42.9. The predicted molar refractivity (Wildman–Crippen MR) is 309 cm³/mol. The van der Waals surface area contributed by atoms with Crippen LogP contribution in [0.25, 0.3) is 55.8 Å². The molecule has 74 heavy (non-hydrogen) atoms. The molecule has 8 aromatic rings. The Kier molecular flexibility index (Phi) is 12.3. The van der Waals surface area contributed by atoms with Gasteiger partial charge in [0.2, 0.25) is 0 Å². The van der Waals surface area contributed by atoms with Crippen LogP contribution in [0.15, 0.2) is 133 Å². The number of aromatic nitrogens is 2. The fourth-order valence-corrected chi connectivity index (χ4v) is 14.6. The zero-order valence-corrected chi connectivity index (χ0v) is 44.8. The predicted octanol–water partition coefficient (Wildman–Crippen LogP) is 12.6. The van der Waals surface area contributed by atoms with E-state index in [1.807, 2.05) is 12.1 Å². The number of aryl methyl sites for hydroxylation is 2. The number of carbonyl (C=O) groups excluding carboxylic acids is 2. The molecule has 6 heterocycles. The van der Waals surface area contributed by atoms with Crippen LogP contribution in [0.2, 0.25) is 0 Å². The molecule has 0 bridgehead atoms. The van der Waals surface area contributed by atoms with Gasteiger partial charge in [0.25, 0.3) is 11.8 Å². The molecular weight excluding hydrogens is 957 g/mol. The van der Waals surface area contributed by atoms with E-state index in [2.05, 4.69) is 205 Å². The van der Waals surface area contributed by atoms with Crippen molar-refractivity contribution in [3.63, 3.8) is 0 Å². The maximum Gasteiger partial charge on any atom is 0.251 e. The van der Waals surface area contributed by atoms with Crippen molar-refractivity contribution in [3.8, 4) is 0 Å². The van der Waals surface area contributed by atoms with E-state index in [0.29, 0.717) is 37.4 Å². The Morgan fingerprint density at radius 2 is 0.959 bits per heavy atom. The first-order valence-corrected chi connectivity index (χ1v) is 28.7. The van der Waals surface area contributed by atoms with Crippen LogP contribution in [0.5, 0.6) is 0 Å².